The smallest absolute Gasteiger partial charge is 0.0700 e. The van der Waals surface area contributed by atoms with E-state index in [1.54, 1.807) is 4.65 Å². The maximum absolute atomic E-state index is 2.38. The Hall–Kier alpha value is 1.05. The van der Waals surface area contributed by atoms with E-state index in [0.29, 0.717) is 0 Å². The molecule has 0 radical (unpaired) electrons. The first-order chi connectivity index (χ1) is 7.35. The van der Waals surface area contributed by atoms with Crippen LogP contribution in [0.15, 0.2) is 29.3 Å². The standard InChI is InChI=1S/C10H13PS4/c1-3-11(4-2)8-7-14-10(15-8)9-12-5-6-13-9/h5-7H,3-4H2,1-2H3. The predicted octanol–water partition coefficient (Wildman–Crippen LogP) is 5.86. The fourth-order valence-electron chi connectivity index (χ4n) is 1.31. The molecular weight excluding hydrogens is 279 g/mol. The van der Waals surface area contributed by atoms with E-state index in [1.165, 1.54) is 20.8 Å². The summed E-state index contributed by atoms with van der Waals surface area (Å²) < 4.78 is 4.61. The lowest BCUT2D eigenvalue weighted by Gasteiger charge is -2.13. The highest BCUT2D eigenvalue weighted by Gasteiger charge is 2.22. The van der Waals surface area contributed by atoms with E-state index in [0.717, 1.165) is 0 Å². The van der Waals surface area contributed by atoms with Gasteiger partial charge in [0.1, 0.15) is 0 Å². The maximum Gasteiger partial charge on any atom is 0.0700 e. The highest BCUT2D eigenvalue weighted by molar-refractivity contribution is 8.35. The molecule has 0 aromatic heterocycles. The molecule has 0 bridgehead atoms. The van der Waals surface area contributed by atoms with Gasteiger partial charge in [-0.15, -0.1) is 0 Å². The van der Waals surface area contributed by atoms with Crippen LogP contribution in [0.2, 0.25) is 0 Å². The molecule has 2 aliphatic heterocycles. The number of rotatable bonds is 3. The monoisotopic (exact) mass is 292 g/mol. The van der Waals surface area contributed by atoms with Crippen LogP contribution in [-0.2, 0) is 0 Å². The summed E-state index contributed by atoms with van der Waals surface area (Å²) in [5, 5.41) is 6.73. The highest BCUT2D eigenvalue weighted by atomic mass is 32.2. The van der Waals surface area contributed by atoms with Gasteiger partial charge in [0.05, 0.1) is 8.47 Å². The van der Waals surface area contributed by atoms with Gasteiger partial charge in [-0.05, 0) is 28.5 Å². The normalized spacial score (nSPS) is 20.6. The molecule has 0 atom stereocenters. The lowest BCUT2D eigenvalue weighted by atomic mass is 11.0. The van der Waals surface area contributed by atoms with Crippen molar-refractivity contribution in [1.82, 2.24) is 0 Å². The predicted molar refractivity (Wildman–Crippen MR) is 82.6 cm³/mol. The summed E-state index contributed by atoms with van der Waals surface area (Å²) in [4.78, 5) is 0. The third-order valence-electron chi connectivity index (χ3n) is 2.11. The van der Waals surface area contributed by atoms with Gasteiger partial charge >= 0.3 is 0 Å². The molecule has 2 heterocycles. The molecular formula is C10H13PS4. The van der Waals surface area contributed by atoms with Crippen LogP contribution in [0, 0.1) is 0 Å². The first-order valence-electron chi connectivity index (χ1n) is 4.87. The third-order valence-corrected chi connectivity index (χ3v) is 10.4. The molecule has 0 saturated heterocycles. The molecule has 0 aromatic carbocycles. The van der Waals surface area contributed by atoms with Crippen molar-refractivity contribution in [3.05, 3.63) is 29.3 Å². The van der Waals surface area contributed by atoms with Gasteiger partial charge in [0.2, 0.25) is 0 Å². The summed E-state index contributed by atoms with van der Waals surface area (Å²) in [7, 11) is 0.132. The zero-order chi connectivity index (χ0) is 10.7. The highest BCUT2D eigenvalue weighted by Crippen LogP contribution is 2.62. The van der Waals surface area contributed by atoms with Crippen molar-refractivity contribution >= 4 is 55.0 Å². The van der Waals surface area contributed by atoms with E-state index >= 15 is 0 Å². The molecule has 0 fully saturated rings. The molecule has 82 valence electrons. The van der Waals surface area contributed by atoms with Crippen molar-refractivity contribution in [2.75, 3.05) is 12.3 Å². The second-order valence-electron chi connectivity index (χ2n) is 2.93. The van der Waals surface area contributed by atoms with Crippen LogP contribution in [0.3, 0.4) is 0 Å². The zero-order valence-corrected chi connectivity index (χ0v) is 12.9. The van der Waals surface area contributed by atoms with Crippen LogP contribution in [0.5, 0.6) is 0 Å². The van der Waals surface area contributed by atoms with Crippen LogP contribution in [0.4, 0.5) is 0 Å². The molecule has 0 unspecified atom stereocenters. The van der Waals surface area contributed by atoms with Crippen molar-refractivity contribution in [1.29, 1.82) is 0 Å². The largest absolute Gasteiger partial charge is 0.0884 e. The van der Waals surface area contributed by atoms with Gasteiger partial charge in [-0.1, -0.05) is 68.8 Å². The van der Waals surface area contributed by atoms with Crippen LogP contribution >= 0.6 is 55.0 Å². The fourth-order valence-corrected chi connectivity index (χ4v) is 8.97. The lowest BCUT2D eigenvalue weighted by Crippen LogP contribution is -1.82. The van der Waals surface area contributed by atoms with E-state index in [1.807, 2.05) is 47.0 Å². The third kappa shape index (κ3) is 3.04. The Kier molecular flexibility index (Phi) is 5.09. The average Bonchev–Trinajstić information content (AvgIpc) is 2.89. The summed E-state index contributed by atoms with van der Waals surface area (Å²) in [6, 6.07) is 0. The quantitative estimate of drug-likeness (QED) is 0.597. The Morgan fingerprint density at radius 2 is 1.67 bits per heavy atom. The van der Waals surface area contributed by atoms with E-state index < -0.39 is 0 Å². The molecule has 2 rings (SSSR count). The minimum Gasteiger partial charge on any atom is -0.0884 e. The molecule has 2 aliphatic rings. The van der Waals surface area contributed by atoms with E-state index in [9.17, 15) is 0 Å². The second-order valence-corrected chi connectivity index (χ2v) is 10.3. The summed E-state index contributed by atoms with van der Waals surface area (Å²) in [6.07, 6.45) is 2.65. The number of hydrogen-bond donors (Lipinski definition) is 0. The topological polar surface area (TPSA) is 0 Å². The summed E-state index contributed by atoms with van der Waals surface area (Å²) in [5.41, 5.74) is 0. The van der Waals surface area contributed by atoms with Gasteiger partial charge in [-0.25, -0.2) is 0 Å². The van der Waals surface area contributed by atoms with E-state index in [2.05, 4.69) is 30.1 Å². The van der Waals surface area contributed by atoms with Crippen molar-refractivity contribution in [3.63, 3.8) is 0 Å². The molecule has 15 heavy (non-hydrogen) atoms. The van der Waals surface area contributed by atoms with Crippen LogP contribution in [0.1, 0.15) is 13.8 Å². The van der Waals surface area contributed by atoms with Crippen LogP contribution < -0.4 is 0 Å². The molecule has 0 aromatic rings. The maximum atomic E-state index is 2.38. The van der Waals surface area contributed by atoms with Crippen molar-refractivity contribution in [2.24, 2.45) is 0 Å². The SMILES string of the molecule is CCP(CC)C1=CSC(=C2SC=CS2)S1. The van der Waals surface area contributed by atoms with Crippen molar-refractivity contribution < 1.29 is 0 Å². The zero-order valence-electron chi connectivity index (χ0n) is 8.73. The van der Waals surface area contributed by atoms with Crippen LogP contribution in [0.25, 0.3) is 0 Å². The Balaban J connectivity index is 2.01. The first kappa shape index (κ1) is 12.5. The Morgan fingerprint density at radius 3 is 2.27 bits per heavy atom. The van der Waals surface area contributed by atoms with Gasteiger partial charge in [-0.3, -0.25) is 0 Å². The minimum absolute atomic E-state index is 0.132. The van der Waals surface area contributed by atoms with Gasteiger partial charge < -0.3 is 0 Å². The first-order valence-corrected chi connectivity index (χ1v) is 10.0. The molecule has 0 spiro atoms. The second kappa shape index (κ2) is 6.11. The molecule has 0 aliphatic carbocycles. The average molecular weight is 292 g/mol. The van der Waals surface area contributed by atoms with Crippen molar-refractivity contribution in [2.45, 2.75) is 13.8 Å². The molecule has 0 amide bonds. The van der Waals surface area contributed by atoms with Crippen LogP contribution in [-0.4, -0.2) is 12.3 Å². The van der Waals surface area contributed by atoms with E-state index in [4.69, 9.17) is 0 Å². The summed E-state index contributed by atoms with van der Waals surface area (Å²) >= 11 is 7.66. The van der Waals surface area contributed by atoms with Gasteiger partial charge in [-0.2, -0.15) is 0 Å². The van der Waals surface area contributed by atoms with E-state index in [-0.39, 0.29) is 7.92 Å². The molecule has 5 heteroatoms. The lowest BCUT2D eigenvalue weighted by molar-refractivity contribution is 1.42. The minimum atomic E-state index is 0.132. The van der Waals surface area contributed by atoms with Gasteiger partial charge in [0.15, 0.2) is 0 Å². The molecule has 0 nitrogen and oxygen atoms in total. The molecule has 0 saturated carbocycles. The fraction of sp³-hybridized carbons (Fsp3) is 0.400. The van der Waals surface area contributed by atoms with Gasteiger partial charge in [0, 0.05) is 4.65 Å². The Bertz CT molecular complexity index is 318. The van der Waals surface area contributed by atoms with Crippen molar-refractivity contribution in [3.8, 4) is 0 Å². The number of thioether (sulfide) groups is 4. The summed E-state index contributed by atoms with van der Waals surface area (Å²) in [6.45, 7) is 4.63. The van der Waals surface area contributed by atoms with Gasteiger partial charge in [0.25, 0.3) is 0 Å². The Morgan fingerprint density at radius 1 is 1.00 bits per heavy atom. The molecule has 0 N–H and O–H groups in total. The Labute approximate surface area is 110 Å². The summed E-state index contributed by atoms with van der Waals surface area (Å²) in [5.74, 6) is 0. The number of hydrogen-bond acceptors (Lipinski definition) is 4.